The molecule has 3 N–H and O–H groups in total. The average Bonchev–Trinajstić information content (AvgIpc) is 3.42. The Morgan fingerprint density at radius 3 is 2.37 bits per heavy atom. The first-order chi connectivity index (χ1) is 16.9. The van der Waals surface area contributed by atoms with Crippen molar-refractivity contribution in [2.45, 2.75) is 50.0 Å². The molecule has 0 aliphatic rings. The number of carbonyl (C=O) groups is 2. The molecule has 3 aromatic rings. The first-order valence-electron chi connectivity index (χ1n) is 12.0. The van der Waals surface area contributed by atoms with Gasteiger partial charge in [-0.15, -0.1) is 0 Å². The second-order valence-corrected chi connectivity index (χ2v) is 9.58. The second kappa shape index (κ2) is 12.4. The van der Waals surface area contributed by atoms with E-state index in [2.05, 4.69) is 4.98 Å². The van der Waals surface area contributed by atoms with Crippen molar-refractivity contribution in [2.75, 3.05) is 30.3 Å². The molecule has 2 aromatic carbocycles. The van der Waals surface area contributed by atoms with Crippen molar-refractivity contribution in [1.29, 1.82) is 0 Å². The van der Waals surface area contributed by atoms with Crippen LogP contribution in [0.5, 0.6) is 0 Å². The predicted molar refractivity (Wildman–Crippen MR) is 141 cm³/mol. The van der Waals surface area contributed by atoms with Gasteiger partial charge in [0.2, 0.25) is 5.91 Å². The summed E-state index contributed by atoms with van der Waals surface area (Å²) in [5.74, 6) is -0.114. The van der Waals surface area contributed by atoms with Crippen molar-refractivity contribution < 1.29 is 13.8 Å². The summed E-state index contributed by atoms with van der Waals surface area (Å²) in [5, 5.41) is 0.548. The van der Waals surface area contributed by atoms with Crippen molar-refractivity contribution in [3.63, 3.8) is 0 Å². The van der Waals surface area contributed by atoms with Crippen LogP contribution in [-0.4, -0.2) is 45.5 Å². The highest BCUT2D eigenvalue weighted by atomic mass is 32.2. The Labute approximate surface area is 209 Å². The van der Waals surface area contributed by atoms with Crippen LogP contribution in [0.1, 0.15) is 49.5 Å². The molecule has 8 heteroatoms. The van der Waals surface area contributed by atoms with Crippen LogP contribution >= 0.6 is 0 Å². The SMILES string of the molecule is CCc1ccccc1N(CCCC(=O)N(CC)CC)C(=O)c1ccc(S(=O)c2ccc[nH]2)c(N)c1. The highest BCUT2D eigenvalue weighted by Crippen LogP contribution is 2.27. The van der Waals surface area contributed by atoms with E-state index >= 15 is 0 Å². The lowest BCUT2D eigenvalue weighted by molar-refractivity contribution is -0.130. The van der Waals surface area contributed by atoms with Gasteiger partial charge < -0.3 is 20.5 Å². The number of aromatic nitrogens is 1. The molecule has 0 aliphatic carbocycles. The Morgan fingerprint density at radius 1 is 1.00 bits per heavy atom. The topological polar surface area (TPSA) is 99.5 Å². The maximum Gasteiger partial charge on any atom is 0.258 e. The summed E-state index contributed by atoms with van der Waals surface area (Å²) >= 11 is 0. The van der Waals surface area contributed by atoms with E-state index in [4.69, 9.17) is 5.73 Å². The number of para-hydroxylation sites is 1. The van der Waals surface area contributed by atoms with Gasteiger partial charge in [0.15, 0.2) is 0 Å². The highest BCUT2D eigenvalue weighted by Gasteiger charge is 2.22. The van der Waals surface area contributed by atoms with E-state index in [0.29, 0.717) is 53.6 Å². The first-order valence-corrected chi connectivity index (χ1v) is 13.2. The lowest BCUT2D eigenvalue weighted by Crippen LogP contribution is -2.35. The number of hydrogen-bond acceptors (Lipinski definition) is 4. The highest BCUT2D eigenvalue weighted by molar-refractivity contribution is 7.85. The van der Waals surface area contributed by atoms with Crippen LogP contribution in [0.4, 0.5) is 11.4 Å². The zero-order valence-corrected chi connectivity index (χ0v) is 21.4. The van der Waals surface area contributed by atoms with Crippen molar-refractivity contribution in [2.24, 2.45) is 0 Å². The molecule has 3 rings (SSSR count). The molecular weight excluding hydrogens is 460 g/mol. The van der Waals surface area contributed by atoms with Crippen LogP contribution in [0.15, 0.2) is 70.7 Å². The number of rotatable bonds is 11. The molecule has 35 heavy (non-hydrogen) atoms. The fourth-order valence-electron chi connectivity index (χ4n) is 4.08. The van der Waals surface area contributed by atoms with E-state index in [0.717, 1.165) is 17.7 Å². The lowest BCUT2D eigenvalue weighted by Gasteiger charge is -2.26. The summed E-state index contributed by atoms with van der Waals surface area (Å²) in [6, 6.07) is 16.2. The van der Waals surface area contributed by atoms with E-state index in [1.165, 1.54) is 0 Å². The van der Waals surface area contributed by atoms with Crippen LogP contribution in [-0.2, 0) is 22.0 Å². The Hall–Kier alpha value is -3.39. The van der Waals surface area contributed by atoms with Crippen molar-refractivity contribution in [3.8, 4) is 0 Å². The fraction of sp³-hybridized carbons (Fsp3) is 0.333. The lowest BCUT2D eigenvalue weighted by atomic mass is 10.1. The number of anilines is 2. The Balaban J connectivity index is 1.87. The quantitative estimate of drug-likeness (QED) is 0.380. The van der Waals surface area contributed by atoms with Crippen molar-refractivity contribution in [1.82, 2.24) is 9.88 Å². The number of nitrogens with zero attached hydrogens (tertiary/aromatic N) is 2. The van der Waals surface area contributed by atoms with Crippen molar-refractivity contribution in [3.05, 3.63) is 71.9 Å². The third kappa shape index (κ3) is 6.19. The maximum absolute atomic E-state index is 13.7. The fourth-order valence-corrected chi connectivity index (χ4v) is 5.16. The molecule has 7 nitrogen and oxygen atoms in total. The van der Waals surface area contributed by atoms with E-state index < -0.39 is 10.8 Å². The molecule has 0 spiro atoms. The number of nitrogens with one attached hydrogen (secondary N) is 1. The van der Waals surface area contributed by atoms with Crippen LogP contribution < -0.4 is 10.6 Å². The minimum Gasteiger partial charge on any atom is -0.398 e. The predicted octanol–water partition coefficient (Wildman–Crippen LogP) is 4.62. The number of hydrogen-bond donors (Lipinski definition) is 2. The number of aromatic amines is 1. The summed E-state index contributed by atoms with van der Waals surface area (Å²) < 4.78 is 12.8. The van der Waals surface area contributed by atoms with Crippen LogP contribution in [0, 0.1) is 0 Å². The number of nitrogens with two attached hydrogens (primary N) is 1. The Kier molecular flexibility index (Phi) is 9.25. The van der Waals surface area contributed by atoms with Crippen molar-refractivity contribution >= 4 is 34.0 Å². The Morgan fingerprint density at radius 2 is 1.74 bits per heavy atom. The van der Waals surface area contributed by atoms with E-state index in [-0.39, 0.29) is 11.8 Å². The molecule has 186 valence electrons. The molecule has 0 saturated heterocycles. The number of nitrogen functional groups attached to an aromatic ring is 1. The monoisotopic (exact) mass is 494 g/mol. The maximum atomic E-state index is 13.7. The molecule has 2 amide bonds. The van der Waals surface area contributed by atoms with Crippen LogP contribution in [0.2, 0.25) is 0 Å². The summed E-state index contributed by atoms with van der Waals surface area (Å²) in [6.45, 7) is 7.72. The molecular formula is C27H34N4O3S. The van der Waals surface area contributed by atoms with Gasteiger partial charge in [0, 0.05) is 49.2 Å². The smallest absolute Gasteiger partial charge is 0.258 e. The molecule has 0 radical (unpaired) electrons. The first kappa shape index (κ1) is 26.2. The Bertz CT molecular complexity index is 1170. The molecule has 1 atom stereocenters. The third-order valence-electron chi connectivity index (χ3n) is 6.02. The second-order valence-electron chi connectivity index (χ2n) is 8.16. The van der Waals surface area contributed by atoms with Gasteiger partial charge >= 0.3 is 0 Å². The number of amides is 2. The average molecular weight is 495 g/mol. The summed E-state index contributed by atoms with van der Waals surface area (Å²) in [5.41, 5.74) is 8.82. The normalized spacial score (nSPS) is 11.7. The number of carbonyl (C=O) groups excluding carboxylic acids is 2. The van der Waals surface area contributed by atoms with Gasteiger partial charge in [-0.25, -0.2) is 4.21 Å². The van der Waals surface area contributed by atoms with Gasteiger partial charge in [0.05, 0.1) is 4.90 Å². The summed E-state index contributed by atoms with van der Waals surface area (Å²) in [6.07, 6.45) is 3.39. The number of benzene rings is 2. The van der Waals surface area contributed by atoms with Crippen LogP contribution in [0.3, 0.4) is 0 Å². The zero-order valence-electron chi connectivity index (χ0n) is 20.6. The minimum atomic E-state index is -1.46. The summed E-state index contributed by atoms with van der Waals surface area (Å²) in [4.78, 5) is 33.1. The molecule has 1 aromatic heterocycles. The zero-order chi connectivity index (χ0) is 25.4. The third-order valence-corrected chi connectivity index (χ3v) is 7.45. The largest absolute Gasteiger partial charge is 0.398 e. The van der Waals surface area contributed by atoms with Gasteiger partial charge in [-0.2, -0.15) is 0 Å². The molecule has 0 fully saturated rings. The molecule has 0 aliphatic heterocycles. The van der Waals surface area contributed by atoms with E-state index in [1.807, 2.05) is 45.0 Å². The number of H-pyrrole nitrogens is 1. The summed E-state index contributed by atoms with van der Waals surface area (Å²) in [7, 11) is -1.46. The van der Waals surface area contributed by atoms with Gasteiger partial charge in [-0.05, 0) is 68.7 Å². The molecule has 0 saturated carbocycles. The van der Waals surface area contributed by atoms with E-state index in [9.17, 15) is 13.8 Å². The van der Waals surface area contributed by atoms with Gasteiger partial charge in [-0.1, -0.05) is 25.1 Å². The van der Waals surface area contributed by atoms with Crippen LogP contribution in [0.25, 0.3) is 0 Å². The van der Waals surface area contributed by atoms with Gasteiger partial charge in [0.25, 0.3) is 5.91 Å². The van der Waals surface area contributed by atoms with Gasteiger partial charge in [-0.3, -0.25) is 9.59 Å². The number of aryl methyl sites for hydroxylation is 1. The molecule has 1 heterocycles. The standard InChI is InChI=1S/C27H34N4O3S/c1-4-20-11-7-8-12-23(20)31(18-10-14-26(32)30(5-2)6-3)27(33)21-15-16-24(22(28)19-21)35(34)25-13-9-17-29-25/h7-9,11-13,15-17,19,29H,4-6,10,14,18,28H2,1-3H3. The van der Waals surface area contributed by atoms with Gasteiger partial charge in [0.1, 0.15) is 15.8 Å². The molecule has 0 bridgehead atoms. The molecule has 1 unspecified atom stereocenters. The van der Waals surface area contributed by atoms with E-state index in [1.54, 1.807) is 46.3 Å². The minimum absolute atomic E-state index is 0.0894.